The summed E-state index contributed by atoms with van der Waals surface area (Å²) in [5.74, 6) is 0.231. The summed E-state index contributed by atoms with van der Waals surface area (Å²) in [6.07, 6.45) is -3.24. The minimum atomic E-state index is -4.45. The molecular weight excluding hydrogens is 333 g/mol. The molecule has 2 aliphatic rings. The number of hydrogen-bond donors (Lipinski definition) is 1. The van der Waals surface area contributed by atoms with Crippen molar-refractivity contribution in [2.24, 2.45) is 5.92 Å². The molecule has 3 rings (SSSR count). The zero-order valence-electron chi connectivity index (χ0n) is 14.0. The van der Waals surface area contributed by atoms with Crippen molar-refractivity contribution in [3.05, 3.63) is 35.4 Å². The van der Waals surface area contributed by atoms with E-state index in [4.69, 9.17) is 4.74 Å². The molecule has 0 saturated carbocycles. The minimum absolute atomic E-state index is 0.0926. The van der Waals surface area contributed by atoms with Crippen LogP contribution in [0.2, 0.25) is 0 Å². The lowest BCUT2D eigenvalue weighted by molar-refractivity contribution is -0.233. The molecular formula is C18H23F3N2O2. The van der Waals surface area contributed by atoms with Crippen LogP contribution in [-0.4, -0.2) is 55.9 Å². The molecule has 4 nitrogen and oxygen atoms in total. The number of ether oxygens (including phenoxy) is 1. The van der Waals surface area contributed by atoms with E-state index >= 15 is 0 Å². The maximum atomic E-state index is 12.8. The summed E-state index contributed by atoms with van der Waals surface area (Å²) in [5.41, 5.74) is 1.52. The number of morpholine rings is 1. The zero-order valence-corrected chi connectivity index (χ0v) is 14.0. The van der Waals surface area contributed by atoms with E-state index in [1.165, 1.54) is 4.90 Å². The first-order valence-corrected chi connectivity index (χ1v) is 8.71. The van der Waals surface area contributed by atoms with Crippen LogP contribution >= 0.6 is 0 Å². The van der Waals surface area contributed by atoms with Crippen LogP contribution in [0.1, 0.15) is 28.8 Å². The highest BCUT2D eigenvalue weighted by Gasteiger charge is 2.44. The lowest BCUT2D eigenvalue weighted by Gasteiger charge is -2.34. The Hall–Kier alpha value is -1.60. The Bertz CT molecular complexity index is 600. The molecule has 0 spiro atoms. The Balaban J connectivity index is 1.66. The monoisotopic (exact) mass is 356 g/mol. The first-order chi connectivity index (χ1) is 11.9. The third-order valence-corrected chi connectivity index (χ3v) is 4.88. The van der Waals surface area contributed by atoms with Crippen LogP contribution in [0.15, 0.2) is 24.3 Å². The average molecular weight is 356 g/mol. The maximum absolute atomic E-state index is 12.8. The SMILES string of the molecule is O=C(c1cccc(CC2CCNCC2)c1)N1CCO[C@@H](C(F)(F)F)C1. The summed E-state index contributed by atoms with van der Waals surface area (Å²) in [4.78, 5) is 13.9. The molecule has 0 unspecified atom stereocenters. The second-order valence-electron chi connectivity index (χ2n) is 6.75. The first kappa shape index (κ1) is 18.2. The maximum Gasteiger partial charge on any atom is 0.416 e. The molecule has 138 valence electrons. The van der Waals surface area contributed by atoms with Crippen molar-refractivity contribution >= 4 is 5.91 Å². The van der Waals surface area contributed by atoms with Gasteiger partial charge in [0.1, 0.15) is 0 Å². The fraction of sp³-hybridized carbons (Fsp3) is 0.611. The molecule has 25 heavy (non-hydrogen) atoms. The minimum Gasteiger partial charge on any atom is -0.365 e. The molecule has 1 atom stereocenters. The number of alkyl halides is 3. The van der Waals surface area contributed by atoms with Gasteiger partial charge in [-0.15, -0.1) is 0 Å². The van der Waals surface area contributed by atoms with Crippen molar-refractivity contribution in [3.63, 3.8) is 0 Å². The smallest absolute Gasteiger partial charge is 0.365 e. The standard InChI is InChI=1S/C18H23F3N2O2/c19-18(20,21)16-12-23(8-9-25-16)17(24)15-3-1-2-14(11-15)10-13-4-6-22-7-5-13/h1-3,11,13,16,22H,4-10,12H2/t16-/m1/s1. The van der Waals surface area contributed by atoms with Gasteiger partial charge in [-0.3, -0.25) is 4.79 Å². The largest absolute Gasteiger partial charge is 0.416 e. The van der Waals surface area contributed by atoms with Gasteiger partial charge >= 0.3 is 6.18 Å². The molecule has 0 radical (unpaired) electrons. The topological polar surface area (TPSA) is 41.6 Å². The molecule has 2 saturated heterocycles. The highest BCUT2D eigenvalue weighted by molar-refractivity contribution is 5.94. The molecule has 0 aliphatic carbocycles. The van der Waals surface area contributed by atoms with Gasteiger partial charge in [0.25, 0.3) is 5.91 Å². The number of hydrogen-bond acceptors (Lipinski definition) is 3. The van der Waals surface area contributed by atoms with E-state index in [-0.39, 0.29) is 19.1 Å². The van der Waals surface area contributed by atoms with Gasteiger partial charge in [-0.2, -0.15) is 13.2 Å². The van der Waals surface area contributed by atoms with Crippen LogP contribution in [0.5, 0.6) is 0 Å². The number of halogens is 3. The van der Waals surface area contributed by atoms with Crippen molar-refractivity contribution in [2.75, 3.05) is 32.8 Å². The second kappa shape index (κ2) is 7.74. The Kier molecular flexibility index (Phi) is 5.64. The van der Waals surface area contributed by atoms with Crippen molar-refractivity contribution in [2.45, 2.75) is 31.5 Å². The van der Waals surface area contributed by atoms with Crippen LogP contribution in [0.4, 0.5) is 13.2 Å². The molecule has 1 aromatic carbocycles. The van der Waals surface area contributed by atoms with Crippen LogP contribution in [-0.2, 0) is 11.2 Å². The predicted octanol–water partition coefficient (Wildman–Crippen LogP) is 2.63. The van der Waals surface area contributed by atoms with Crippen LogP contribution < -0.4 is 5.32 Å². The van der Waals surface area contributed by atoms with Crippen molar-refractivity contribution in [3.8, 4) is 0 Å². The Morgan fingerprint density at radius 3 is 2.76 bits per heavy atom. The van der Waals surface area contributed by atoms with E-state index in [0.29, 0.717) is 11.5 Å². The number of amides is 1. The fourth-order valence-electron chi connectivity index (χ4n) is 3.46. The summed E-state index contributed by atoms with van der Waals surface area (Å²) in [5, 5.41) is 3.32. The van der Waals surface area contributed by atoms with Gasteiger partial charge in [-0.1, -0.05) is 12.1 Å². The van der Waals surface area contributed by atoms with Crippen LogP contribution in [0.3, 0.4) is 0 Å². The number of nitrogens with one attached hydrogen (secondary N) is 1. The summed E-state index contributed by atoms with van der Waals surface area (Å²) >= 11 is 0. The van der Waals surface area contributed by atoms with Gasteiger partial charge in [-0.05, 0) is 56.0 Å². The number of carbonyl (C=O) groups excluding carboxylic acids is 1. The van der Waals surface area contributed by atoms with Crippen molar-refractivity contribution in [1.82, 2.24) is 10.2 Å². The quantitative estimate of drug-likeness (QED) is 0.905. The van der Waals surface area contributed by atoms with Crippen molar-refractivity contribution < 1.29 is 22.7 Å². The Morgan fingerprint density at radius 1 is 1.28 bits per heavy atom. The molecule has 1 N–H and O–H groups in total. The van der Waals surface area contributed by atoms with E-state index in [9.17, 15) is 18.0 Å². The predicted molar refractivity (Wildman–Crippen MR) is 87.4 cm³/mol. The Morgan fingerprint density at radius 2 is 2.04 bits per heavy atom. The third kappa shape index (κ3) is 4.73. The zero-order chi connectivity index (χ0) is 17.9. The number of rotatable bonds is 3. The van der Waals surface area contributed by atoms with Crippen LogP contribution in [0, 0.1) is 5.92 Å². The van der Waals surface area contributed by atoms with Gasteiger partial charge in [0.05, 0.1) is 13.2 Å². The average Bonchev–Trinajstić information content (AvgIpc) is 2.61. The first-order valence-electron chi connectivity index (χ1n) is 8.71. The Labute approximate surface area is 145 Å². The molecule has 0 aromatic heterocycles. The van der Waals surface area contributed by atoms with E-state index in [2.05, 4.69) is 5.32 Å². The fourth-order valence-corrected chi connectivity index (χ4v) is 3.46. The number of benzene rings is 1. The van der Waals surface area contributed by atoms with Gasteiger partial charge in [-0.25, -0.2) is 0 Å². The van der Waals surface area contributed by atoms with Gasteiger partial charge < -0.3 is 15.0 Å². The van der Waals surface area contributed by atoms with Gasteiger partial charge in [0.2, 0.25) is 0 Å². The summed E-state index contributed by atoms with van der Waals surface area (Å²) in [6, 6.07) is 7.29. The van der Waals surface area contributed by atoms with E-state index in [1.54, 1.807) is 6.07 Å². The second-order valence-corrected chi connectivity index (χ2v) is 6.75. The lowest BCUT2D eigenvalue weighted by atomic mass is 9.90. The van der Waals surface area contributed by atoms with Gasteiger partial charge in [0, 0.05) is 12.1 Å². The van der Waals surface area contributed by atoms with E-state index in [1.807, 2.05) is 18.2 Å². The summed E-state index contributed by atoms with van der Waals surface area (Å²) < 4.78 is 43.3. The third-order valence-electron chi connectivity index (χ3n) is 4.88. The van der Waals surface area contributed by atoms with Gasteiger partial charge in [0.15, 0.2) is 6.10 Å². The molecule has 1 aromatic rings. The number of nitrogens with zero attached hydrogens (tertiary/aromatic N) is 1. The highest BCUT2D eigenvalue weighted by atomic mass is 19.4. The van der Waals surface area contributed by atoms with E-state index < -0.39 is 18.8 Å². The summed E-state index contributed by atoms with van der Waals surface area (Å²) in [7, 11) is 0. The molecule has 2 aliphatic heterocycles. The molecule has 0 bridgehead atoms. The molecule has 2 fully saturated rings. The number of piperidine rings is 1. The van der Waals surface area contributed by atoms with Crippen molar-refractivity contribution in [1.29, 1.82) is 0 Å². The molecule has 1 amide bonds. The van der Waals surface area contributed by atoms with E-state index in [0.717, 1.165) is 37.9 Å². The highest BCUT2D eigenvalue weighted by Crippen LogP contribution is 2.26. The van der Waals surface area contributed by atoms with Crippen LogP contribution in [0.25, 0.3) is 0 Å². The normalized spacial score (nSPS) is 22.8. The number of carbonyl (C=O) groups is 1. The summed E-state index contributed by atoms with van der Waals surface area (Å²) in [6.45, 7) is 1.67. The molecule has 2 heterocycles. The lowest BCUT2D eigenvalue weighted by Crippen LogP contribution is -2.51. The molecule has 7 heteroatoms.